The van der Waals surface area contributed by atoms with Gasteiger partial charge in [-0.15, -0.1) is 0 Å². The van der Waals surface area contributed by atoms with Crippen LogP contribution in [0, 0.1) is 16.7 Å². The van der Waals surface area contributed by atoms with Crippen LogP contribution in [0.4, 0.5) is 10.5 Å². The molecule has 1 N–H and O–H groups in total. The van der Waals surface area contributed by atoms with Gasteiger partial charge in [0.2, 0.25) is 0 Å². The Morgan fingerprint density at radius 1 is 1.28 bits per heavy atom. The summed E-state index contributed by atoms with van der Waals surface area (Å²) >= 11 is 0. The largest absolute Gasteiger partial charge is 0.495 e. The van der Waals surface area contributed by atoms with Crippen LogP contribution in [0.5, 0.6) is 0 Å². The van der Waals surface area contributed by atoms with Crippen molar-refractivity contribution < 1.29 is 9.90 Å². The maximum Gasteiger partial charge on any atom is 0.331 e. The van der Waals surface area contributed by atoms with Gasteiger partial charge in [-0.2, -0.15) is 0 Å². The minimum Gasteiger partial charge on any atom is -0.495 e. The van der Waals surface area contributed by atoms with Crippen molar-refractivity contribution in [1.29, 1.82) is 0 Å². The SMILES string of the molecule is CC/C=C(\O)N1C(=O)N(c2ccccc2)[C@@H]2[C@H]3CC[C@@](C)([C@@H]21)C3(C)C. The summed E-state index contributed by atoms with van der Waals surface area (Å²) in [7, 11) is 0. The molecule has 1 saturated heterocycles. The van der Waals surface area contributed by atoms with Crippen molar-refractivity contribution in [3.05, 3.63) is 42.3 Å². The van der Waals surface area contributed by atoms with Crippen LogP contribution in [-0.2, 0) is 0 Å². The van der Waals surface area contributed by atoms with Crippen LogP contribution in [0.1, 0.15) is 47.0 Å². The zero-order valence-corrected chi connectivity index (χ0v) is 15.6. The predicted molar refractivity (Wildman–Crippen MR) is 99.3 cm³/mol. The number of aliphatic hydroxyl groups is 1. The summed E-state index contributed by atoms with van der Waals surface area (Å²) in [6.45, 7) is 8.98. The number of hydrogen-bond acceptors (Lipinski definition) is 2. The number of para-hydroxylation sites is 1. The first-order chi connectivity index (χ1) is 11.8. The summed E-state index contributed by atoms with van der Waals surface area (Å²) in [5.41, 5.74) is 1.08. The summed E-state index contributed by atoms with van der Waals surface area (Å²) < 4.78 is 0. The molecule has 3 aliphatic rings. The molecule has 4 nitrogen and oxygen atoms in total. The minimum atomic E-state index is -0.0861. The fraction of sp³-hybridized carbons (Fsp3) is 0.571. The van der Waals surface area contributed by atoms with Gasteiger partial charge in [0.05, 0.1) is 12.1 Å². The first-order valence-electron chi connectivity index (χ1n) is 9.41. The lowest BCUT2D eigenvalue weighted by molar-refractivity contribution is 0.0654. The molecule has 4 atom stereocenters. The first-order valence-corrected chi connectivity index (χ1v) is 9.41. The Balaban J connectivity index is 1.87. The highest BCUT2D eigenvalue weighted by atomic mass is 16.3. The molecule has 25 heavy (non-hydrogen) atoms. The zero-order chi connectivity index (χ0) is 18.0. The molecule has 134 valence electrons. The number of rotatable bonds is 3. The van der Waals surface area contributed by atoms with Gasteiger partial charge < -0.3 is 5.11 Å². The topological polar surface area (TPSA) is 43.8 Å². The van der Waals surface area contributed by atoms with Crippen molar-refractivity contribution >= 4 is 11.7 Å². The minimum absolute atomic E-state index is 0.0110. The number of benzene rings is 1. The Morgan fingerprint density at radius 3 is 2.60 bits per heavy atom. The number of urea groups is 1. The van der Waals surface area contributed by atoms with Crippen molar-refractivity contribution in [2.24, 2.45) is 16.7 Å². The highest BCUT2D eigenvalue weighted by molar-refractivity contribution is 5.97. The molecular formula is C21H28N2O2. The van der Waals surface area contributed by atoms with Gasteiger partial charge in [0, 0.05) is 5.69 Å². The summed E-state index contributed by atoms with van der Waals surface area (Å²) in [5, 5.41) is 10.7. The second-order valence-corrected chi connectivity index (χ2v) is 8.55. The van der Waals surface area contributed by atoms with Crippen LogP contribution < -0.4 is 4.90 Å². The molecule has 0 aromatic heterocycles. The molecule has 1 heterocycles. The first kappa shape index (κ1) is 16.5. The number of carbonyl (C=O) groups excluding carboxylic acids is 1. The molecule has 3 fully saturated rings. The maximum absolute atomic E-state index is 13.4. The van der Waals surface area contributed by atoms with Gasteiger partial charge in [-0.05, 0) is 54.2 Å². The van der Waals surface area contributed by atoms with Crippen LogP contribution in [-0.4, -0.2) is 28.1 Å². The van der Waals surface area contributed by atoms with Crippen molar-refractivity contribution in [3.8, 4) is 0 Å². The van der Waals surface area contributed by atoms with E-state index in [2.05, 4.69) is 20.8 Å². The number of allylic oxidation sites excluding steroid dienone is 1. The second-order valence-electron chi connectivity index (χ2n) is 8.55. The fourth-order valence-electron chi connectivity index (χ4n) is 5.80. The fourth-order valence-corrected chi connectivity index (χ4v) is 5.80. The Morgan fingerprint density at radius 2 is 1.96 bits per heavy atom. The highest BCUT2D eigenvalue weighted by Gasteiger charge is 2.73. The highest BCUT2D eigenvalue weighted by Crippen LogP contribution is 2.69. The number of hydrogen-bond donors (Lipinski definition) is 1. The van der Waals surface area contributed by atoms with Gasteiger partial charge in [-0.1, -0.05) is 45.9 Å². The standard InChI is InChI=1S/C21H28N2O2/c1-5-9-16(24)23-18-17(15-12-13-21(18,4)20(15,2)3)22(19(23)25)14-10-7-6-8-11-14/h6-11,15,17-18,24H,5,12-13H2,1-4H3/b16-9-/t15-,17-,18-,21+/m1/s1. The van der Waals surface area contributed by atoms with Crippen molar-refractivity contribution in [3.63, 3.8) is 0 Å². The van der Waals surface area contributed by atoms with Crippen LogP contribution in [0.15, 0.2) is 42.3 Å². The predicted octanol–water partition coefficient (Wildman–Crippen LogP) is 4.93. The third kappa shape index (κ3) is 1.91. The third-order valence-corrected chi connectivity index (χ3v) is 7.42. The van der Waals surface area contributed by atoms with Crippen LogP contribution in [0.2, 0.25) is 0 Å². The Labute approximate surface area is 150 Å². The van der Waals surface area contributed by atoms with E-state index in [1.165, 1.54) is 0 Å². The van der Waals surface area contributed by atoms with Crippen molar-refractivity contribution in [2.75, 3.05) is 4.90 Å². The number of anilines is 1. The molecular weight excluding hydrogens is 312 g/mol. The summed E-state index contributed by atoms with van der Waals surface area (Å²) in [6, 6.07) is 9.98. The summed E-state index contributed by atoms with van der Waals surface area (Å²) in [5.74, 6) is 0.566. The lowest BCUT2D eigenvalue weighted by atomic mass is 9.69. The molecule has 1 aromatic carbocycles. The van der Waals surface area contributed by atoms with Gasteiger partial charge in [0.15, 0.2) is 5.88 Å². The molecule has 2 saturated carbocycles. The van der Waals surface area contributed by atoms with E-state index >= 15 is 0 Å². The molecule has 0 spiro atoms. The lowest BCUT2D eigenvalue weighted by Gasteiger charge is -2.41. The molecule has 1 aliphatic heterocycles. The van der Waals surface area contributed by atoms with E-state index in [4.69, 9.17) is 0 Å². The van der Waals surface area contributed by atoms with Crippen LogP contribution in [0.3, 0.4) is 0 Å². The molecule has 2 aliphatic carbocycles. The quantitative estimate of drug-likeness (QED) is 0.793. The van der Waals surface area contributed by atoms with Gasteiger partial charge in [0.1, 0.15) is 0 Å². The van der Waals surface area contributed by atoms with E-state index in [9.17, 15) is 9.90 Å². The Kier molecular flexibility index (Phi) is 3.47. The van der Waals surface area contributed by atoms with E-state index in [1.807, 2.05) is 42.2 Å². The average molecular weight is 340 g/mol. The van der Waals surface area contributed by atoms with Crippen LogP contribution in [0.25, 0.3) is 0 Å². The number of fused-ring (bicyclic) bond motifs is 5. The van der Waals surface area contributed by atoms with E-state index in [0.717, 1.165) is 18.5 Å². The molecule has 4 heteroatoms. The lowest BCUT2D eigenvalue weighted by Crippen LogP contribution is -2.47. The molecule has 0 radical (unpaired) electrons. The molecule has 2 bridgehead atoms. The van der Waals surface area contributed by atoms with Crippen molar-refractivity contribution in [1.82, 2.24) is 4.90 Å². The smallest absolute Gasteiger partial charge is 0.331 e. The van der Waals surface area contributed by atoms with E-state index in [1.54, 1.807) is 11.0 Å². The van der Waals surface area contributed by atoms with Crippen molar-refractivity contribution in [2.45, 2.75) is 59.0 Å². The second kappa shape index (κ2) is 5.26. The molecule has 0 unspecified atom stereocenters. The van der Waals surface area contributed by atoms with E-state index < -0.39 is 0 Å². The maximum atomic E-state index is 13.4. The van der Waals surface area contributed by atoms with Gasteiger partial charge in [-0.3, -0.25) is 9.80 Å². The average Bonchev–Trinajstić information content (AvgIpc) is 3.06. The Hall–Kier alpha value is -1.97. The van der Waals surface area contributed by atoms with E-state index in [-0.39, 0.29) is 34.8 Å². The number of aliphatic hydroxyl groups excluding tert-OH is 1. The number of nitrogens with zero attached hydrogens (tertiary/aromatic N) is 2. The van der Waals surface area contributed by atoms with Gasteiger partial charge in [-0.25, -0.2) is 4.79 Å². The number of carbonyl (C=O) groups is 1. The Bertz CT molecular complexity index is 727. The molecule has 4 rings (SSSR count). The van der Waals surface area contributed by atoms with Crippen LogP contribution >= 0.6 is 0 Å². The van der Waals surface area contributed by atoms with Gasteiger partial charge >= 0.3 is 6.03 Å². The zero-order valence-electron chi connectivity index (χ0n) is 15.6. The molecule has 2 amide bonds. The van der Waals surface area contributed by atoms with E-state index in [0.29, 0.717) is 12.3 Å². The normalized spacial score (nSPS) is 36.2. The summed E-state index contributed by atoms with van der Waals surface area (Å²) in [6.07, 6.45) is 4.72. The third-order valence-electron chi connectivity index (χ3n) is 7.42. The monoisotopic (exact) mass is 340 g/mol. The van der Waals surface area contributed by atoms with Gasteiger partial charge in [0.25, 0.3) is 0 Å². The summed E-state index contributed by atoms with van der Waals surface area (Å²) in [4.78, 5) is 17.0. The molecule has 1 aromatic rings. The number of amides is 2.